The van der Waals surface area contributed by atoms with Crippen molar-refractivity contribution in [3.8, 4) is 0 Å². The Morgan fingerprint density at radius 3 is 1.86 bits per heavy atom. The highest BCUT2D eigenvalue weighted by atomic mass is 16.1. The van der Waals surface area contributed by atoms with Crippen molar-refractivity contribution in [1.29, 1.82) is 0 Å². The zero-order valence-electron chi connectivity index (χ0n) is 14.0. The minimum Gasteiger partial charge on any atom is -0.302 e. The van der Waals surface area contributed by atoms with Gasteiger partial charge in [-0.1, -0.05) is 64.2 Å². The molecule has 0 atom stereocenters. The Morgan fingerprint density at radius 1 is 0.773 bits per heavy atom. The normalized spacial score (nSPS) is 23.5. The Bertz CT molecular complexity index is 443. The summed E-state index contributed by atoms with van der Waals surface area (Å²) in [4.78, 5) is 12.9. The third-order valence-corrected chi connectivity index (χ3v) is 5.81. The van der Waals surface area contributed by atoms with Crippen molar-refractivity contribution in [3.63, 3.8) is 0 Å². The molecule has 124 valence electrons. The third kappa shape index (κ3) is 3.85. The van der Waals surface area contributed by atoms with Crippen molar-refractivity contribution in [3.05, 3.63) is 22.1 Å². The molecule has 0 aromatic carbocycles. The van der Waals surface area contributed by atoms with Crippen LogP contribution in [0.3, 0.4) is 0 Å². The zero-order valence-corrected chi connectivity index (χ0v) is 14.0. The Balaban J connectivity index is 1.73. The molecule has 0 bridgehead atoms. The fourth-order valence-electron chi connectivity index (χ4n) is 4.42. The van der Waals surface area contributed by atoms with Gasteiger partial charge in [-0.25, -0.2) is 4.68 Å². The zero-order chi connectivity index (χ0) is 15.2. The lowest BCUT2D eigenvalue weighted by atomic mass is 9.87. The van der Waals surface area contributed by atoms with Gasteiger partial charge in [-0.3, -0.25) is 4.79 Å². The molecule has 1 aromatic heterocycles. The Kier molecular flexibility index (Phi) is 5.80. The van der Waals surface area contributed by atoms with E-state index >= 15 is 0 Å². The first-order chi connectivity index (χ1) is 10.9. The lowest BCUT2D eigenvalue weighted by molar-refractivity contribution is 0.340. The van der Waals surface area contributed by atoms with Crippen LogP contribution < -0.4 is 5.56 Å². The quantitative estimate of drug-likeness (QED) is 0.792. The number of aromatic amines is 1. The van der Waals surface area contributed by atoms with E-state index in [0.717, 1.165) is 5.56 Å². The molecule has 1 N–H and O–H groups in total. The maximum atomic E-state index is 12.9. The van der Waals surface area contributed by atoms with Gasteiger partial charge in [-0.2, -0.15) is 0 Å². The van der Waals surface area contributed by atoms with E-state index in [4.69, 9.17) is 0 Å². The fraction of sp³-hybridized carbons (Fsp3) is 0.842. The summed E-state index contributed by atoms with van der Waals surface area (Å²) in [5, 5.41) is 3.33. The van der Waals surface area contributed by atoms with Crippen LogP contribution >= 0.6 is 0 Å². The van der Waals surface area contributed by atoms with Crippen molar-refractivity contribution in [1.82, 2.24) is 9.78 Å². The van der Waals surface area contributed by atoms with E-state index < -0.39 is 0 Å². The van der Waals surface area contributed by atoms with E-state index in [1.807, 2.05) is 10.9 Å². The number of hydrogen-bond donors (Lipinski definition) is 1. The maximum absolute atomic E-state index is 12.9. The van der Waals surface area contributed by atoms with Crippen LogP contribution in [-0.2, 0) is 0 Å². The molecule has 0 amide bonds. The van der Waals surface area contributed by atoms with E-state index in [1.54, 1.807) is 0 Å². The largest absolute Gasteiger partial charge is 0.302 e. The molecule has 0 spiro atoms. The molecule has 1 aromatic rings. The summed E-state index contributed by atoms with van der Waals surface area (Å²) in [6.07, 6.45) is 20.0. The van der Waals surface area contributed by atoms with Gasteiger partial charge in [0.2, 0.25) is 0 Å². The maximum Gasteiger partial charge on any atom is 0.270 e. The topological polar surface area (TPSA) is 37.8 Å². The van der Waals surface area contributed by atoms with Crippen LogP contribution in [0.25, 0.3) is 0 Å². The molecule has 2 aliphatic carbocycles. The van der Waals surface area contributed by atoms with Crippen molar-refractivity contribution in [2.75, 3.05) is 0 Å². The third-order valence-electron chi connectivity index (χ3n) is 5.81. The minimum absolute atomic E-state index is 0.288. The summed E-state index contributed by atoms with van der Waals surface area (Å²) < 4.78 is 1.97. The second kappa shape index (κ2) is 8.03. The number of nitrogens with zero attached hydrogens (tertiary/aromatic N) is 1. The molecular formula is C19H32N2O. The van der Waals surface area contributed by atoms with E-state index in [2.05, 4.69) is 5.10 Å². The van der Waals surface area contributed by atoms with Crippen LogP contribution in [-0.4, -0.2) is 9.78 Å². The summed E-state index contributed by atoms with van der Waals surface area (Å²) in [7, 11) is 0. The Morgan fingerprint density at radius 2 is 1.27 bits per heavy atom. The van der Waals surface area contributed by atoms with E-state index in [1.165, 1.54) is 89.9 Å². The first-order valence-corrected chi connectivity index (χ1v) is 9.66. The van der Waals surface area contributed by atoms with Gasteiger partial charge in [0.15, 0.2) is 0 Å². The van der Waals surface area contributed by atoms with Crippen LogP contribution in [0.1, 0.15) is 107 Å². The summed E-state index contributed by atoms with van der Waals surface area (Å²) in [6, 6.07) is 0.412. The minimum atomic E-state index is 0.288. The lowest BCUT2D eigenvalue weighted by Gasteiger charge is -2.20. The van der Waals surface area contributed by atoms with Crippen LogP contribution in [0.15, 0.2) is 11.0 Å². The molecule has 3 nitrogen and oxygen atoms in total. The van der Waals surface area contributed by atoms with Crippen LogP contribution in [0, 0.1) is 0 Å². The highest BCUT2D eigenvalue weighted by molar-refractivity contribution is 5.12. The first kappa shape index (κ1) is 15.9. The molecule has 1 heterocycles. The molecule has 0 saturated heterocycles. The molecule has 0 aliphatic heterocycles. The smallest absolute Gasteiger partial charge is 0.270 e. The lowest BCUT2D eigenvalue weighted by Crippen LogP contribution is -2.26. The summed E-state index contributed by atoms with van der Waals surface area (Å²) in [5.74, 6) is 0.499. The van der Waals surface area contributed by atoms with E-state index in [9.17, 15) is 4.79 Å². The molecule has 3 rings (SSSR count). The van der Waals surface area contributed by atoms with Gasteiger partial charge in [0.1, 0.15) is 0 Å². The average molecular weight is 304 g/mol. The van der Waals surface area contributed by atoms with E-state index in [-0.39, 0.29) is 5.56 Å². The second-order valence-corrected chi connectivity index (χ2v) is 7.44. The van der Waals surface area contributed by atoms with Crippen molar-refractivity contribution >= 4 is 0 Å². The molecular weight excluding hydrogens is 272 g/mol. The predicted molar refractivity (Wildman–Crippen MR) is 91.5 cm³/mol. The van der Waals surface area contributed by atoms with Crippen LogP contribution in [0.2, 0.25) is 0 Å². The summed E-state index contributed by atoms with van der Waals surface area (Å²) in [5.41, 5.74) is 1.36. The Labute approximate surface area is 134 Å². The number of nitrogens with one attached hydrogen (secondary N) is 1. The molecule has 2 aliphatic rings. The van der Waals surface area contributed by atoms with Crippen molar-refractivity contribution in [2.45, 2.75) is 102 Å². The monoisotopic (exact) mass is 304 g/mol. The van der Waals surface area contributed by atoms with Crippen molar-refractivity contribution < 1.29 is 0 Å². The van der Waals surface area contributed by atoms with Gasteiger partial charge in [-0.15, -0.1) is 0 Å². The summed E-state index contributed by atoms with van der Waals surface area (Å²) in [6.45, 7) is 0. The number of rotatable bonds is 2. The number of aromatic nitrogens is 2. The highest BCUT2D eigenvalue weighted by Gasteiger charge is 2.22. The van der Waals surface area contributed by atoms with Gasteiger partial charge >= 0.3 is 0 Å². The van der Waals surface area contributed by atoms with Gasteiger partial charge < -0.3 is 5.10 Å². The van der Waals surface area contributed by atoms with Crippen molar-refractivity contribution in [2.24, 2.45) is 0 Å². The van der Waals surface area contributed by atoms with Crippen LogP contribution in [0.4, 0.5) is 0 Å². The summed E-state index contributed by atoms with van der Waals surface area (Å²) >= 11 is 0. The molecule has 3 heteroatoms. The Hall–Kier alpha value is -0.990. The average Bonchev–Trinajstić information content (AvgIpc) is 2.80. The molecule has 22 heavy (non-hydrogen) atoms. The molecule has 0 radical (unpaired) electrons. The number of hydrogen-bond acceptors (Lipinski definition) is 1. The van der Waals surface area contributed by atoms with Gasteiger partial charge in [0.05, 0.1) is 6.04 Å². The van der Waals surface area contributed by atoms with Gasteiger partial charge in [0.25, 0.3) is 5.56 Å². The molecule has 2 fully saturated rings. The standard InChI is InChI=1S/C19H32N2O/c22-19-18(16-11-7-3-1-4-8-12-16)15-20-21(19)17-13-9-5-2-6-10-14-17/h15-17,20H,1-14H2. The predicted octanol–water partition coefficient (Wildman–Crippen LogP) is 5.29. The second-order valence-electron chi connectivity index (χ2n) is 7.44. The van der Waals surface area contributed by atoms with Gasteiger partial charge in [0, 0.05) is 11.8 Å². The van der Waals surface area contributed by atoms with E-state index in [0.29, 0.717) is 12.0 Å². The van der Waals surface area contributed by atoms with Crippen LogP contribution in [0.5, 0.6) is 0 Å². The fourth-order valence-corrected chi connectivity index (χ4v) is 4.42. The number of H-pyrrole nitrogens is 1. The molecule has 0 unspecified atom stereocenters. The first-order valence-electron chi connectivity index (χ1n) is 9.66. The van der Waals surface area contributed by atoms with Gasteiger partial charge in [-0.05, 0) is 31.6 Å². The molecule has 2 saturated carbocycles. The highest BCUT2D eigenvalue weighted by Crippen LogP contribution is 2.30. The SMILES string of the molecule is O=c1c(C2CCCCCCC2)c[nH]n1C1CCCCCCC1.